The van der Waals surface area contributed by atoms with Gasteiger partial charge >= 0.3 is 0 Å². The summed E-state index contributed by atoms with van der Waals surface area (Å²) in [7, 11) is 1.55. The Balaban J connectivity index is 2.02. The zero-order valence-corrected chi connectivity index (χ0v) is 14.7. The Kier molecular flexibility index (Phi) is 4.76. The Morgan fingerprint density at radius 3 is 2.83 bits per heavy atom. The van der Waals surface area contributed by atoms with Gasteiger partial charge in [-0.3, -0.25) is 10.1 Å². The molecule has 8 nitrogen and oxygen atoms in total. The van der Waals surface area contributed by atoms with Crippen LogP contribution in [0.3, 0.4) is 0 Å². The van der Waals surface area contributed by atoms with Gasteiger partial charge in [-0.2, -0.15) is 4.68 Å². The predicted molar refractivity (Wildman–Crippen MR) is 90.6 cm³/mol. The van der Waals surface area contributed by atoms with Crippen LogP contribution in [0.25, 0.3) is 5.69 Å². The van der Waals surface area contributed by atoms with E-state index in [9.17, 15) is 10.1 Å². The molecule has 0 atom stereocenters. The number of para-hydroxylation sites is 2. The molecule has 1 aromatic heterocycles. The van der Waals surface area contributed by atoms with Gasteiger partial charge in [0.05, 0.1) is 16.9 Å². The van der Waals surface area contributed by atoms with Crippen LogP contribution in [0.15, 0.2) is 57.0 Å². The van der Waals surface area contributed by atoms with Gasteiger partial charge in [-0.05, 0) is 46.5 Å². The maximum Gasteiger partial charge on any atom is 0.284 e. The van der Waals surface area contributed by atoms with E-state index in [1.807, 2.05) is 12.1 Å². The number of benzene rings is 2. The fourth-order valence-corrected chi connectivity index (χ4v) is 3.23. The van der Waals surface area contributed by atoms with Gasteiger partial charge in [0.15, 0.2) is 0 Å². The highest BCUT2D eigenvalue weighted by Crippen LogP contribution is 2.36. The second-order valence-corrected chi connectivity index (χ2v) is 6.44. The van der Waals surface area contributed by atoms with Crippen LogP contribution in [0.1, 0.15) is 0 Å². The third kappa shape index (κ3) is 3.24. The van der Waals surface area contributed by atoms with E-state index >= 15 is 0 Å². The van der Waals surface area contributed by atoms with Gasteiger partial charge in [0.1, 0.15) is 11.4 Å². The second kappa shape index (κ2) is 6.97. The van der Waals surface area contributed by atoms with E-state index in [0.29, 0.717) is 26.0 Å². The molecule has 0 aliphatic carbocycles. The van der Waals surface area contributed by atoms with E-state index in [0.717, 1.165) is 11.8 Å². The van der Waals surface area contributed by atoms with Crippen molar-refractivity contribution < 1.29 is 9.66 Å². The Morgan fingerprint density at radius 2 is 2.08 bits per heavy atom. The van der Waals surface area contributed by atoms with Crippen LogP contribution in [0.2, 0.25) is 0 Å². The van der Waals surface area contributed by atoms with Crippen molar-refractivity contribution in [2.45, 2.75) is 10.1 Å². The molecule has 3 rings (SSSR count). The summed E-state index contributed by atoms with van der Waals surface area (Å²) in [6.07, 6.45) is 0. The summed E-state index contributed by atoms with van der Waals surface area (Å²) in [5, 5.41) is 23.2. The number of aromatic nitrogens is 4. The summed E-state index contributed by atoms with van der Waals surface area (Å²) in [5.41, 5.74) is 0.621. The standard InChI is InChI=1S/C14H10BrN5O3S/c1-23-12-5-3-2-4-10(12)19-14(16-17-18-19)24-13-7-6-9(15)8-11(13)20(21)22/h2-8H,1H3. The molecule has 0 amide bonds. The van der Waals surface area contributed by atoms with Gasteiger partial charge in [0.25, 0.3) is 5.69 Å². The van der Waals surface area contributed by atoms with E-state index in [4.69, 9.17) is 4.74 Å². The first-order chi connectivity index (χ1) is 11.6. The van der Waals surface area contributed by atoms with Crippen molar-refractivity contribution in [3.63, 3.8) is 0 Å². The highest BCUT2D eigenvalue weighted by atomic mass is 79.9. The van der Waals surface area contributed by atoms with Crippen molar-refractivity contribution in [2.75, 3.05) is 7.11 Å². The molecular formula is C14H10BrN5O3S. The van der Waals surface area contributed by atoms with Gasteiger partial charge in [-0.1, -0.05) is 28.1 Å². The molecule has 0 bridgehead atoms. The molecule has 0 radical (unpaired) electrons. The first-order valence-electron chi connectivity index (χ1n) is 6.63. The molecule has 3 aromatic rings. The highest BCUT2D eigenvalue weighted by molar-refractivity contribution is 9.10. The van der Waals surface area contributed by atoms with Crippen molar-refractivity contribution in [1.82, 2.24) is 20.2 Å². The third-order valence-corrected chi connectivity index (χ3v) is 4.57. The van der Waals surface area contributed by atoms with Gasteiger partial charge in [-0.15, -0.1) is 5.10 Å². The first-order valence-corrected chi connectivity index (χ1v) is 8.24. The Hall–Kier alpha value is -2.46. The minimum absolute atomic E-state index is 0.0241. The maximum atomic E-state index is 11.3. The molecule has 0 N–H and O–H groups in total. The topological polar surface area (TPSA) is 96.0 Å². The monoisotopic (exact) mass is 407 g/mol. The molecule has 122 valence electrons. The number of hydrogen-bond donors (Lipinski definition) is 0. The average molecular weight is 408 g/mol. The van der Waals surface area contributed by atoms with Crippen LogP contribution in [-0.4, -0.2) is 32.2 Å². The molecule has 2 aromatic carbocycles. The fourth-order valence-electron chi connectivity index (χ4n) is 2.02. The van der Waals surface area contributed by atoms with Gasteiger partial charge < -0.3 is 4.74 Å². The van der Waals surface area contributed by atoms with Crippen LogP contribution >= 0.6 is 27.7 Å². The van der Waals surface area contributed by atoms with Gasteiger partial charge in [0.2, 0.25) is 5.16 Å². The lowest BCUT2D eigenvalue weighted by molar-refractivity contribution is -0.387. The number of nitro groups is 1. The Labute approximate surface area is 149 Å². The molecule has 1 heterocycles. The van der Waals surface area contributed by atoms with E-state index in [1.54, 1.807) is 31.4 Å². The van der Waals surface area contributed by atoms with Crippen LogP contribution < -0.4 is 4.74 Å². The van der Waals surface area contributed by atoms with Crippen molar-refractivity contribution in [1.29, 1.82) is 0 Å². The lowest BCUT2D eigenvalue weighted by Gasteiger charge is -2.09. The Morgan fingerprint density at radius 1 is 1.29 bits per heavy atom. The Bertz CT molecular complexity index is 902. The largest absolute Gasteiger partial charge is 0.494 e. The number of hydrogen-bond acceptors (Lipinski definition) is 7. The number of tetrazole rings is 1. The summed E-state index contributed by atoms with van der Waals surface area (Å²) in [5.74, 6) is 0.594. The van der Waals surface area contributed by atoms with Crippen LogP contribution in [0.4, 0.5) is 5.69 Å². The summed E-state index contributed by atoms with van der Waals surface area (Å²) in [6.45, 7) is 0. The number of halogens is 1. The van der Waals surface area contributed by atoms with E-state index in [2.05, 4.69) is 31.5 Å². The van der Waals surface area contributed by atoms with Crippen molar-refractivity contribution in [2.24, 2.45) is 0 Å². The summed E-state index contributed by atoms with van der Waals surface area (Å²) in [6, 6.07) is 12.1. The third-order valence-electron chi connectivity index (χ3n) is 3.07. The second-order valence-electron chi connectivity index (χ2n) is 4.52. The van der Waals surface area contributed by atoms with E-state index in [-0.39, 0.29) is 5.69 Å². The SMILES string of the molecule is COc1ccccc1-n1nnnc1Sc1ccc(Br)cc1[N+](=O)[O-]. The minimum atomic E-state index is -0.440. The van der Waals surface area contributed by atoms with E-state index in [1.165, 1.54) is 10.7 Å². The number of methoxy groups -OCH3 is 1. The lowest BCUT2D eigenvalue weighted by Crippen LogP contribution is -2.02. The normalized spacial score (nSPS) is 10.6. The molecule has 0 spiro atoms. The van der Waals surface area contributed by atoms with Crippen LogP contribution in [0.5, 0.6) is 5.75 Å². The summed E-state index contributed by atoms with van der Waals surface area (Å²) < 4.78 is 7.42. The number of rotatable bonds is 5. The smallest absolute Gasteiger partial charge is 0.284 e. The van der Waals surface area contributed by atoms with E-state index < -0.39 is 4.92 Å². The van der Waals surface area contributed by atoms with Crippen LogP contribution in [-0.2, 0) is 0 Å². The predicted octanol–water partition coefficient (Wildman–Crippen LogP) is 3.49. The quantitative estimate of drug-likeness (QED) is 0.471. The molecule has 0 aliphatic rings. The number of nitrogens with zero attached hydrogens (tertiary/aromatic N) is 5. The fraction of sp³-hybridized carbons (Fsp3) is 0.0714. The molecule has 24 heavy (non-hydrogen) atoms. The minimum Gasteiger partial charge on any atom is -0.494 e. The molecule has 0 saturated carbocycles. The molecule has 0 unspecified atom stereocenters. The van der Waals surface area contributed by atoms with Gasteiger partial charge in [-0.25, -0.2) is 0 Å². The van der Waals surface area contributed by atoms with Crippen molar-refractivity contribution >= 4 is 33.4 Å². The number of ether oxygens (including phenoxy) is 1. The van der Waals surface area contributed by atoms with Gasteiger partial charge in [0, 0.05) is 10.5 Å². The first kappa shape index (κ1) is 16.4. The average Bonchev–Trinajstić information content (AvgIpc) is 3.04. The maximum absolute atomic E-state index is 11.3. The zero-order valence-electron chi connectivity index (χ0n) is 12.3. The zero-order chi connectivity index (χ0) is 17.1. The number of nitro benzene ring substituents is 1. The molecule has 0 saturated heterocycles. The van der Waals surface area contributed by atoms with Crippen LogP contribution in [0, 0.1) is 10.1 Å². The molecule has 0 fully saturated rings. The highest BCUT2D eigenvalue weighted by Gasteiger charge is 2.20. The summed E-state index contributed by atoms with van der Waals surface area (Å²) >= 11 is 4.34. The molecule has 10 heteroatoms. The molecular weight excluding hydrogens is 398 g/mol. The molecule has 0 aliphatic heterocycles. The van der Waals surface area contributed by atoms with Crippen molar-refractivity contribution in [3.8, 4) is 11.4 Å². The summed E-state index contributed by atoms with van der Waals surface area (Å²) in [4.78, 5) is 11.2. The lowest BCUT2D eigenvalue weighted by atomic mass is 10.3. The van der Waals surface area contributed by atoms with Crippen molar-refractivity contribution in [3.05, 3.63) is 57.1 Å².